The molecule has 1 unspecified atom stereocenters. The van der Waals surface area contributed by atoms with Crippen LogP contribution in [0.15, 0.2) is 6.20 Å². The number of nitrogens with two attached hydrogens (primary N) is 1. The Labute approximate surface area is 73.8 Å². The van der Waals surface area contributed by atoms with Crippen molar-refractivity contribution in [3.8, 4) is 0 Å². The minimum absolute atomic E-state index is 0.0939. The highest BCUT2D eigenvalue weighted by Crippen LogP contribution is 2.23. The minimum Gasteiger partial charge on any atom is -0.396 e. The number of thiazole rings is 1. The Morgan fingerprint density at radius 1 is 1.82 bits per heavy atom. The number of halogens is 1. The minimum atomic E-state index is -0.134. The third-order valence-electron chi connectivity index (χ3n) is 1.30. The first-order chi connectivity index (χ1) is 5.24. The van der Waals surface area contributed by atoms with Gasteiger partial charge in [0.1, 0.15) is 0 Å². The maximum absolute atomic E-state index is 8.58. The number of hydrogen-bond acceptors (Lipinski definition) is 4. The van der Waals surface area contributed by atoms with E-state index in [0.717, 1.165) is 4.88 Å². The highest BCUT2D eigenvalue weighted by atomic mass is 35.5. The summed E-state index contributed by atoms with van der Waals surface area (Å²) < 4.78 is 0.494. The molecule has 0 aromatic carbocycles. The molecule has 1 aromatic heterocycles. The maximum Gasteiger partial charge on any atom is 0.183 e. The summed E-state index contributed by atoms with van der Waals surface area (Å²) in [4.78, 5) is 4.76. The number of aliphatic hydroxyl groups excluding tert-OH is 1. The third kappa shape index (κ3) is 2.41. The number of aromatic nitrogens is 1. The van der Waals surface area contributed by atoms with E-state index in [1.807, 2.05) is 0 Å². The zero-order valence-electron chi connectivity index (χ0n) is 5.83. The summed E-state index contributed by atoms with van der Waals surface area (Å²) in [6.45, 7) is 0.0939. The molecule has 1 atom stereocenters. The Hall–Kier alpha value is -0.160. The van der Waals surface area contributed by atoms with Gasteiger partial charge in [-0.05, 0) is 6.42 Å². The fourth-order valence-electron chi connectivity index (χ4n) is 0.717. The second kappa shape index (κ2) is 4.01. The first-order valence-corrected chi connectivity index (χ1v) is 4.41. The van der Waals surface area contributed by atoms with Gasteiger partial charge in [-0.25, -0.2) is 4.98 Å². The summed E-state index contributed by atoms with van der Waals surface area (Å²) in [6, 6.07) is -0.134. The fourth-order valence-corrected chi connectivity index (χ4v) is 1.71. The average molecular weight is 193 g/mol. The SMILES string of the molecule is NC(CCO)c1cnc(Cl)s1. The maximum atomic E-state index is 8.58. The van der Waals surface area contributed by atoms with E-state index in [1.165, 1.54) is 11.3 Å². The molecule has 0 aliphatic carbocycles. The van der Waals surface area contributed by atoms with E-state index in [-0.39, 0.29) is 12.6 Å². The largest absolute Gasteiger partial charge is 0.396 e. The van der Waals surface area contributed by atoms with E-state index < -0.39 is 0 Å². The van der Waals surface area contributed by atoms with E-state index in [0.29, 0.717) is 10.9 Å². The van der Waals surface area contributed by atoms with Crippen LogP contribution in [0, 0.1) is 0 Å². The summed E-state index contributed by atoms with van der Waals surface area (Å²) in [6.07, 6.45) is 2.20. The van der Waals surface area contributed by atoms with Crippen molar-refractivity contribution < 1.29 is 5.11 Å². The van der Waals surface area contributed by atoms with Crippen molar-refractivity contribution in [3.05, 3.63) is 15.5 Å². The first-order valence-electron chi connectivity index (χ1n) is 3.21. The lowest BCUT2D eigenvalue weighted by molar-refractivity contribution is 0.277. The molecule has 0 aliphatic rings. The van der Waals surface area contributed by atoms with E-state index >= 15 is 0 Å². The van der Waals surface area contributed by atoms with Crippen molar-refractivity contribution in [2.45, 2.75) is 12.5 Å². The monoisotopic (exact) mass is 192 g/mol. The normalized spacial score (nSPS) is 13.4. The standard InChI is InChI=1S/C6H9ClN2OS/c7-6-9-3-5(11-6)4(8)1-2-10/h3-4,10H,1-2,8H2. The van der Waals surface area contributed by atoms with Gasteiger partial charge in [0.05, 0.1) is 0 Å². The van der Waals surface area contributed by atoms with Gasteiger partial charge in [-0.2, -0.15) is 0 Å². The Bertz CT molecular complexity index is 228. The lowest BCUT2D eigenvalue weighted by Crippen LogP contribution is -2.09. The predicted molar refractivity (Wildman–Crippen MR) is 45.8 cm³/mol. The van der Waals surface area contributed by atoms with Crippen LogP contribution in [0.1, 0.15) is 17.3 Å². The van der Waals surface area contributed by atoms with Crippen molar-refractivity contribution in [3.63, 3.8) is 0 Å². The molecule has 0 aliphatic heterocycles. The summed E-state index contributed by atoms with van der Waals surface area (Å²) in [5, 5.41) is 8.58. The fraction of sp³-hybridized carbons (Fsp3) is 0.500. The molecule has 5 heteroatoms. The van der Waals surface area contributed by atoms with Crippen LogP contribution in [-0.4, -0.2) is 16.7 Å². The van der Waals surface area contributed by atoms with Crippen molar-refractivity contribution in [2.75, 3.05) is 6.61 Å². The van der Waals surface area contributed by atoms with Gasteiger partial charge in [-0.15, -0.1) is 11.3 Å². The highest BCUT2D eigenvalue weighted by molar-refractivity contribution is 7.15. The first kappa shape index (κ1) is 8.93. The Morgan fingerprint density at radius 3 is 3.00 bits per heavy atom. The van der Waals surface area contributed by atoms with Crippen LogP contribution in [0.5, 0.6) is 0 Å². The molecule has 1 rings (SSSR count). The zero-order chi connectivity index (χ0) is 8.27. The quantitative estimate of drug-likeness (QED) is 0.756. The molecule has 11 heavy (non-hydrogen) atoms. The molecular formula is C6H9ClN2OS. The number of nitrogens with zero attached hydrogens (tertiary/aromatic N) is 1. The highest BCUT2D eigenvalue weighted by Gasteiger charge is 2.08. The van der Waals surface area contributed by atoms with Gasteiger partial charge in [0.2, 0.25) is 0 Å². The van der Waals surface area contributed by atoms with Gasteiger partial charge in [0, 0.05) is 23.7 Å². The van der Waals surface area contributed by atoms with Gasteiger partial charge in [0.25, 0.3) is 0 Å². The molecule has 1 heterocycles. The number of aliphatic hydroxyl groups is 1. The van der Waals surface area contributed by atoms with Crippen LogP contribution in [0.4, 0.5) is 0 Å². The molecular weight excluding hydrogens is 184 g/mol. The Morgan fingerprint density at radius 2 is 2.55 bits per heavy atom. The lowest BCUT2D eigenvalue weighted by Gasteiger charge is -2.04. The second-order valence-electron chi connectivity index (χ2n) is 2.13. The zero-order valence-corrected chi connectivity index (χ0v) is 7.40. The molecule has 3 N–H and O–H groups in total. The Balaban J connectivity index is 2.60. The van der Waals surface area contributed by atoms with E-state index in [2.05, 4.69) is 4.98 Å². The van der Waals surface area contributed by atoms with E-state index in [1.54, 1.807) is 6.20 Å². The van der Waals surface area contributed by atoms with Crippen molar-refractivity contribution in [2.24, 2.45) is 5.73 Å². The van der Waals surface area contributed by atoms with Crippen molar-refractivity contribution >= 4 is 22.9 Å². The van der Waals surface area contributed by atoms with Crippen LogP contribution in [0.25, 0.3) is 0 Å². The van der Waals surface area contributed by atoms with Gasteiger partial charge in [-0.1, -0.05) is 11.6 Å². The lowest BCUT2D eigenvalue weighted by atomic mass is 10.2. The second-order valence-corrected chi connectivity index (χ2v) is 3.78. The van der Waals surface area contributed by atoms with Crippen molar-refractivity contribution in [1.29, 1.82) is 0 Å². The van der Waals surface area contributed by atoms with Crippen LogP contribution >= 0.6 is 22.9 Å². The summed E-state index contributed by atoms with van der Waals surface area (Å²) in [7, 11) is 0. The van der Waals surface area contributed by atoms with Crippen LogP contribution < -0.4 is 5.73 Å². The molecule has 0 spiro atoms. The van der Waals surface area contributed by atoms with Gasteiger partial charge in [-0.3, -0.25) is 0 Å². The Kier molecular flexibility index (Phi) is 3.26. The van der Waals surface area contributed by atoms with E-state index in [4.69, 9.17) is 22.4 Å². The summed E-state index contributed by atoms with van der Waals surface area (Å²) >= 11 is 6.95. The number of hydrogen-bond donors (Lipinski definition) is 2. The van der Waals surface area contributed by atoms with Gasteiger partial charge >= 0.3 is 0 Å². The van der Waals surface area contributed by atoms with Gasteiger partial charge < -0.3 is 10.8 Å². The van der Waals surface area contributed by atoms with Crippen LogP contribution in [-0.2, 0) is 0 Å². The molecule has 0 saturated carbocycles. The predicted octanol–water partition coefficient (Wildman–Crippen LogP) is 1.18. The van der Waals surface area contributed by atoms with Gasteiger partial charge in [0.15, 0.2) is 4.47 Å². The molecule has 0 bridgehead atoms. The number of rotatable bonds is 3. The molecule has 0 saturated heterocycles. The molecule has 0 fully saturated rings. The summed E-state index contributed by atoms with van der Waals surface area (Å²) in [5.41, 5.74) is 5.67. The molecule has 1 aromatic rings. The topological polar surface area (TPSA) is 59.1 Å². The molecule has 3 nitrogen and oxygen atoms in total. The molecule has 0 radical (unpaired) electrons. The van der Waals surface area contributed by atoms with Crippen LogP contribution in [0.3, 0.4) is 0 Å². The smallest absolute Gasteiger partial charge is 0.183 e. The van der Waals surface area contributed by atoms with Crippen molar-refractivity contribution in [1.82, 2.24) is 4.98 Å². The molecule has 0 amide bonds. The van der Waals surface area contributed by atoms with Crippen LogP contribution in [0.2, 0.25) is 4.47 Å². The third-order valence-corrected chi connectivity index (χ3v) is 2.55. The molecule has 62 valence electrons. The van der Waals surface area contributed by atoms with E-state index in [9.17, 15) is 0 Å². The average Bonchev–Trinajstić information content (AvgIpc) is 2.36. The summed E-state index contributed by atoms with van der Waals surface area (Å²) in [5.74, 6) is 0.